The minimum Gasteiger partial charge on any atom is -0.381 e. The van der Waals surface area contributed by atoms with Crippen LogP contribution in [0.4, 0.5) is 11.5 Å². The van der Waals surface area contributed by atoms with Gasteiger partial charge in [-0.15, -0.1) is 0 Å². The summed E-state index contributed by atoms with van der Waals surface area (Å²) in [6.45, 7) is 2.44. The van der Waals surface area contributed by atoms with Crippen LogP contribution in [0.5, 0.6) is 0 Å². The Morgan fingerprint density at radius 2 is 2.25 bits per heavy atom. The molecule has 1 aromatic heterocycles. The smallest absolute Gasteiger partial charge is 0.224 e. The SMILES string of the molecule is Clc1ncc2c(n1)N(C1CCOCC1)CN2. The first-order chi connectivity index (χ1) is 7.84. The van der Waals surface area contributed by atoms with E-state index in [4.69, 9.17) is 16.3 Å². The van der Waals surface area contributed by atoms with E-state index in [0.717, 1.165) is 44.2 Å². The first-order valence-electron chi connectivity index (χ1n) is 5.45. The molecule has 0 bridgehead atoms. The van der Waals surface area contributed by atoms with Crippen LogP contribution < -0.4 is 10.2 Å². The fourth-order valence-corrected chi connectivity index (χ4v) is 2.37. The zero-order valence-electron chi connectivity index (χ0n) is 8.82. The maximum absolute atomic E-state index is 5.83. The molecule has 6 heteroatoms. The maximum Gasteiger partial charge on any atom is 0.224 e. The molecule has 3 rings (SSSR count). The Morgan fingerprint density at radius 3 is 3.06 bits per heavy atom. The Balaban J connectivity index is 1.86. The summed E-state index contributed by atoms with van der Waals surface area (Å²) in [5, 5.41) is 3.58. The van der Waals surface area contributed by atoms with Crippen molar-refractivity contribution in [3.8, 4) is 0 Å². The van der Waals surface area contributed by atoms with Gasteiger partial charge in [-0.3, -0.25) is 0 Å². The zero-order valence-corrected chi connectivity index (χ0v) is 9.57. The molecule has 3 heterocycles. The van der Waals surface area contributed by atoms with E-state index in [1.807, 2.05) is 0 Å². The van der Waals surface area contributed by atoms with Crippen molar-refractivity contribution >= 4 is 23.1 Å². The number of nitrogens with zero attached hydrogens (tertiary/aromatic N) is 3. The van der Waals surface area contributed by atoms with Gasteiger partial charge in [-0.05, 0) is 24.4 Å². The normalized spacial score (nSPS) is 20.7. The zero-order chi connectivity index (χ0) is 11.0. The average Bonchev–Trinajstić information content (AvgIpc) is 2.73. The topological polar surface area (TPSA) is 50.3 Å². The first-order valence-corrected chi connectivity index (χ1v) is 5.83. The van der Waals surface area contributed by atoms with E-state index >= 15 is 0 Å². The van der Waals surface area contributed by atoms with Crippen LogP contribution in [0, 0.1) is 0 Å². The lowest BCUT2D eigenvalue weighted by molar-refractivity contribution is 0.0849. The molecule has 0 unspecified atom stereocenters. The summed E-state index contributed by atoms with van der Waals surface area (Å²) in [6, 6.07) is 0.494. The third-order valence-corrected chi connectivity index (χ3v) is 3.26. The molecular formula is C10H13ClN4O. The molecule has 2 aliphatic heterocycles. The van der Waals surface area contributed by atoms with Gasteiger partial charge in [0.15, 0.2) is 5.82 Å². The molecule has 0 aliphatic carbocycles. The summed E-state index contributed by atoms with van der Waals surface area (Å²) in [4.78, 5) is 10.5. The Labute approximate surface area is 98.8 Å². The van der Waals surface area contributed by atoms with Gasteiger partial charge >= 0.3 is 0 Å². The number of rotatable bonds is 1. The van der Waals surface area contributed by atoms with Crippen molar-refractivity contribution in [3.63, 3.8) is 0 Å². The van der Waals surface area contributed by atoms with Gasteiger partial charge in [-0.2, -0.15) is 4.98 Å². The largest absolute Gasteiger partial charge is 0.381 e. The molecule has 0 saturated carbocycles. The fourth-order valence-electron chi connectivity index (χ4n) is 2.24. The summed E-state index contributed by atoms with van der Waals surface area (Å²) in [7, 11) is 0. The quantitative estimate of drug-likeness (QED) is 0.754. The molecule has 1 N–H and O–H groups in total. The number of aromatic nitrogens is 2. The Kier molecular flexibility index (Phi) is 2.57. The van der Waals surface area contributed by atoms with E-state index in [9.17, 15) is 0 Å². The van der Waals surface area contributed by atoms with Crippen LogP contribution in [0.3, 0.4) is 0 Å². The molecule has 5 nitrogen and oxygen atoms in total. The standard InChI is InChI=1S/C10H13ClN4O/c11-10-12-5-8-9(14-10)15(6-13-8)7-1-3-16-4-2-7/h5,7,13H,1-4,6H2. The van der Waals surface area contributed by atoms with Crippen molar-refractivity contribution in [1.82, 2.24) is 9.97 Å². The molecular weight excluding hydrogens is 228 g/mol. The number of ether oxygens (including phenoxy) is 1. The number of fused-ring (bicyclic) bond motifs is 1. The molecule has 0 aromatic carbocycles. The minimum atomic E-state index is 0.305. The van der Waals surface area contributed by atoms with Gasteiger partial charge in [-0.1, -0.05) is 0 Å². The Hall–Kier alpha value is -1.07. The van der Waals surface area contributed by atoms with Gasteiger partial charge in [0.05, 0.1) is 18.6 Å². The van der Waals surface area contributed by atoms with E-state index in [1.165, 1.54) is 0 Å². The van der Waals surface area contributed by atoms with Gasteiger partial charge in [0, 0.05) is 19.3 Å². The number of hydrogen-bond donors (Lipinski definition) is 1. The van der Waals surface area contributed by atoms with Crippen molar-refractivity contribution in [2.24, 2.45) is 0 Å². The summed E-state index contributed by atoms with van der Waals surface area (Å²) < 4.78 is 5.37. The summed E-state index contributed by atoms with van der Waals surface area (Å²) in [5.41, 5.74) is 0.968. The molecule has 0 amide bonds. The van der Waals surface area contributed by atoms with Gasteiger partial charge < -0.3 is 15.0 Å². The van der Waals surface area contributed by atoms with Crippen molar-refractivity contribution in [3.05, 3.63) is 11.5 Å². The molecule has 0 radical (unpaired) electrons. The molecule has 2 aliphatic rings. The number of hydrogen-bond acceptors (Lipinski definition) is 5. The van der Waals surface area contributed by atoms with E-state index in [-0.39, 0.29) is 0 Å². The highest BCUT2D eigenvalue weighted by atomic mass is 35.5. The van der Waals surface area contributed by atoms with Crippen LogP contribution in [-0.4, -0.2) is 35.9 Å². The van der Waals surface area contributed by atoms with Gasteiger partial charge in [0.1, 0.15) is 0 Å². The van der Waals surface area contributed by atoms with Crippen molar-refractivity contribution in [2.75, 3.05) is 30.1 Å². The van der Waals surface area contributed by atoms with Gasteiger partial charge in [0.2, 0.25) is 5.28 Å². The molecule has 0 atom stereocenters. The highest BCUT2D eigenvalue weighted by Gasteiger charge is 2.28. The van der Waals surface area contributed by atoms with Gasteiger partial charge in [0.25, 0.3) is 0 Å². The van der Waals surface area contributed by atoms with Crippen LogP contribution in [0.2, 0.25) is 5.28 Å². The minimum absolute atomic E-state index is 0.305. The average molecular weight is 241 g/mol. The summed E-state index contributed by atoms with van der Waals surface area (Å²) in [5.74, 6) is 0.923. The van der Waals surface area contributed by atoms with Crippen LogP contribution in [0.25, 0.3) is 0 Å². The van der Waals surface area contributed by atoms with E-state index in [2.05, 4.69) is 20.2 Å². The monoisotopic (exact) mass is 240 g/mol. The van der Waals surface area contributed by atoms with Crippen LogP contribution in [-0.2, 0) is 4.74 Å². The third kappa shape index (κ3) is 1.70. The fraction of sp³-hybridized carbons (Fsp3) is 0.600. The lowest BCUT2D eigenvalue weighted by Crippen LogP contribution is -2.39. The van der Waals surface area contributed by atoms with E-state index in [0.29, 0.717) is 11.3 Å². The molecule has 86 valence electrons. The first kappa shape index (κ1) is 10.1. The second-order valence-corrected chi connectivity index (χ2v) is 4.36. The van der Waals surface area contributed by atoms with E-state index in [1.54, 1.807) is 6.20 Å². The van der Waals surface area contributed by atoms with Crippen molar-refractivity contribution in [2.45, 2.75) is 18.9 Å². The van der Waals surface area contributed by atoms with Crippen molar-refractivity contribution in [1.29, 1.82) is 0 Å². The lowest BCUT2D eigenvalue weighted by atomic mass is 10.1. The van der Waals surface area contributed by atoms with E-state index < -0.39 is 0 Å². The number of halogens is 1. The highest BCUT2D eigenvalue weighted by Crippen LogP contribution is 2.32. The second kappa shape index (κ2) is 4.07. The van der Waals surface area contributed by atoms with Crippen LogP contribution in [0.1, 0.15) is 12.8 Å². The highest BCUT2D eigenvalue weighted by molar-refractivity contribution is 6.28. The lowest BCUT2D eigenvalue weighted by Gasteiger charge is -2.31. The molecule has 16 heavy (non-hydrogen) atoms. The predicted molar refractivity (Wildman–Crippen MR) is 61.9 cm³/mol. The van der Waals surface area contributed by atoms with Crippen LogP contribution in [0.15, 0.2) is 6.20 Å². The third-order valence-electron chi connectivity index (χ3n) is 3.08. The summed E-state index contributed by atoms with van der Waals surface area (Å²) in [6.07, 6.45) is 3.83. The number of anilines is 2. The Morgan fingerprint density at radius 1 is 1.44 bits per heavy atom. The Bertz CT molecular complexity index is 394. The van der Waals surface area contributed by atoms with Gasteiger partial charge in [-0.25, -0.2) is 4.98 Å². The van der Waals surface area contributed by atoms with Crippen molar-refractivity contribution < 1.29 is 4.74 Å². The van der Waals surface area contributed by atoms with Crippen LogP contribution >= 0.6 is 11.6 Å². The molecule has 1 saturated heterocycles. The molecule has 1 fully saturated rings. The summed E-state index contributed by atoms with van der Waals surface area (Å²) >= 11 is 5.83. The second-order valence-electron chi connectivity index (χ2n) is 4.02. The predicted octanol–water partition coefficient (Wildman–Crippen LogP) is 1.50. The maximum atomic E-state index is 5.83. The number of nitrogens with one attached hydrogen (secondary N) is 1. The molecule has 1 aromatic rings. The molecule has 0 spiro atoms.